The molecule has 0 unspecified atom stereocenters. The number of hydrogen-bond acceptors (Lipinski definition) is 3. The molecule has 0 bridgehead atoms. The van der Waals surface area contributed by atoms with Gasteiger partial charge in [0, 0.05) is 24.5 Å². The van der Waals surface area contributed by atoms with E-state index in [1.807, 2.05) is 18.4 Å². The van der Waals surface area contributed by atoms with Crippen molar-refractivity contribution in [3.63, 3.8) is 0 Å². The molecule has 1 rings (SSSR count). The number of aliphatic imine (C=N–C) groups is 1. The van der Waals surface area contributed by atoms with Crippen LogP contribution < -0.4 is 10.6 Å². The minimum absolute atomic E-state index is 0.265. The fourth-order valence-electron chi connectivity index (χ4n) is 1.82. The van der Waals surface area contributed by atoms with Crippen LogP contribution in [0.4, 0.5) is 13.2 Å². The molecule has 0 fully saturated rings. The van der Waals surface area contributed by atoms with E-state index in [1.54, 1.807) is 11.3 Å². The maximum absolute atomic E-state index is 12.2. The third-order valence-electron chi connectivity index (χ3n) is 2.79. The summed E-state index contributed by atoms with van der Waals surface area (Å²) in [5, 5.41) is 8.30. The second kappa shape index (κ2) is 9.68. The highest BCUT2D eigenvalue weighted by molar-refractivity contribution is 7.09. The Balaban J connectivity index is 2.31. The molecule has 0 aromatic carbocycles. The van der Waals surface area contributed by atoms with Gasteiger partial charge in [-0.05, 0) is 31.8 Å². The monoisotopic (exact) mass is 336 g/mol. The molecule has 0 atom stereocenters. The lowest BCUT2D eigenvalue weighted by Gasteiger charge is -2.17. The van der Waals surface area contributed by atoms with Crippen LogP contribution in [0.25, 0.3) is 0 Å². The molecule has 1 heterocycles. The van der Waals surface area contributed by atoms with Crippen molar-refractivity contribution < 1.29 is 13.2 Å². The van der Waals surface area contributed by atoms with Gasteiger partial charge in [0.1, 0.15) is 0 Å². The minimum Gasteiger partial charge on any atom is -0.357 e. The Morgan fingerprint density at radius 2 is 2.14 bits per heavy atom. The lowest BCUT2D eigenvalue weighted by molar-refractivity contribution is -0.142. The smallest absolute Gasteiger partial charge is 0.357 e. The number of nitrogens with zero attached hydrogens (tertiary/aromatic N) is 2. The first kappa shape index (κ1) is 18.8. The lowest BCUT2D eigenvalue weighted by atomic mass is 10.3. The Labute approximate surface area is 133 Å². The average molecular weight is 336 g/mol. The van der Waals surface area contributed by atoms with Gasteiger partial charge in [0.25, 0.3) is 0 Å². The Morgan fingerprint density at radius 3 is 2.73 bits per heavy atom. The van der Waals surface area contributed by atoms with Gasteiger partial charge in [-0.2, -0.15) is 13.2 Å². The van der Waals surface area contributed by atoms with E-state index in [4.69, 9.17) is 0 Å². The quantitative estimate of drug-likeness (QED) is 0.565. The van der Waals surface area contributed by atoms with Crippen LogP contribution in [0.5, 0.6) is 0 Å². The van der Waals surface area contributed by atoms with Gasteiger partial charge >= 0.3 is 6.18 Å². The first-order valence-corrected chi connectivity index (χ1v) is 8.08. The van der Waals surface area contributed by atoms with Crippen LogP contribution in [0.2, 0.25) is 0 Å². The van der Waals surface area contributed by atoms with Gasteiger partial charge in [-0.3, -0.25) is 9.89 Å². The van der Waals surface area contributed by atoms with Crippen molar-refractivity contribution in [2.75, 3.05) is 39.8 Å². The van der Waals surface area contributed by atoms with E-state index in [9.17, 15) is 13.2 Å². The molecule has 0 aliphatic rings. The van der Waals surface area contributed by atoms with Crippen LogP contribution >= 0.6 is 11.3 Å². The fourth-order valence-corrected chi connectivity index (χ4v) is 2.53. The van der Waals surface area contributed by atoms with Crippen molar-refractivity contribution in [3.05, 3.63) is 22.4 Å². The van der Waals surface area contributed by atoms with Crippen molar-refractivity contribution in [1.29, 1.82) is 0 Å². The Morgan fingerprint density at radius 1 is 1.36 bits per heavy atom. The van der Waals surface area contributed by atoms with Gasteiger partial charge in [0.15, 0.2) is 5.96 Å². The van der Waals surface area contributed by atoms with Crippen molar-refractivity contribution in [1.82, 2.24) is 15.5 Å². The van der Waals surface area contributed by atoms with E-state index in [-0.39, 0.29) is 6.54 Å². The third-order valence-corrected chi connectivity index (χ3v) is 3.73. The summed E-state index contributed by atoms with van der Waals surface area (Å²) in [6, 6.07) is 4.08. The molecule has 1 aromatic heterocycles. The molecule has 0 aliphatic heterocycles. The van der Waals surface area contributed by atoms with E-state index in [0.29, 0.717) is 19.0 Å². The van der Waals surface area contributed by atoms with Crippen LogP contribution in [0, 0.1) is 0 Å². The Kier molecular flexibility index (Phi) is 8.26. The van der Waals surface area contributed by atoms with Crippen molar-refractivity contribution >= 4 is 17.3 Å². The molecule has 2 N–H and O–H groups in total. The van der Waals surface area contributed by atoms with E-state index >= 15 is 0 Å². The first-order valence-electron chi connectivity index (χ1n) is 7.20. The van der Waals surface area contributed by atoms with Crippen LogP contribution in [0.15, 0.2) is 22.5 Å². The topological polar surface area (TPSA) is 39.7 Å². The summed E-state index contributed by atoms with van der Waals surface area (Å²) in [5.41, 5.74) is 0. The van der Waals surface area contributed by atoms with Crippen LogP contribution in [0.3, 0.4) is 0 Å². The second-order valence-electron chi connectivity index (χ2n) is 4.87. The van der Waals surface area contributed by atoms with E-state index in [0.717, 1.165) is 13.0 Å². The van der Waals surface area contributed by atoms with E-state index in [1.165, 1.54) is 16.8 Å². The van der Waals surface area contributed by atoms with Gasteiger partial charge < -0.3 is 10.6 Å². The molecule has 4 nitrogen and oxygen atoms in total. The van der Waals surface area contributed by atoms with Crippen molar-refractivity contribution in [2.24, 2.45) is 4.99 Å². The van der Waals surface area contributed by atoms with Crippen LogP contribution in [0.1, 0.15) is 11.8 Å². The zero-order chi connectivity index (χ0) is 16.4. The van der Waals surface area contributed by atoms with Gasteiger partial charge in [0.2, 0.25) is 0 Å². The largest absolute Gasteiger partial charge is 0.401 e. The van der Waals surface area contributed by atoms with Crippen molar-refractivity contribution in [3.8, 4) is 0 Å². The number of hydrogen-bond donors (Lipinski definition) is 2. The fraction of sp³-hybridized carbons (Fsp3) is 0.643. The number of alkyl halides is 3. The van der Waals surface area contributed by atoms with E-state index in [2.05, 4.69) is 21.7 Å². The number of halogens is 3. The number of guanidine groups is 1. The highest BCUT2D eigenvalue weighted by Crippen LogP contribution is 2.15. The zero-order valence-corrected chi connectivity index (χ0v) is 13.7. The molecule has 8 heteroatoms. The Hall–Kier alpha value is -1.28. The SMILES string of the molecule is CCNC(=NCCN(C)CC(F)(F)F)NCCc1cccs1. The molecule has 22 heavy (non-hydrogen) atoms. The maximum atomic E-state index is 12.2. The predicted octanol–water partition coefficient (Wildman–Crippen LogP) is 2.34. The zero-order valence-electron chi connectivity index (χ0n) is 12.9. The van der Waals surface area contributed by atoms with E-state index < -0.39 is 12.7 Å². The summed E-state index contributed by atoms with van der Waals surface area (Å²) in [7, 11) is 1.44. The van der Waals surface area contributed by atoms with Gasteiger partial charge in [-0.1, -0.05) is 6.07 Å². The standard InChI is InChI=1S/C14H23F3N4S/c1-3-18-13(19-7-6-12-5-4-10-22-12)20-8-9-21(2)11-14(15,16)17/h4-5,10H,3,6-9,11H2,1-2H3,(H2,18,19,20). The molecule has 1 aromatic rings. The molecule has 0 saturated heterocycles. The number of thiophene rings is 1. The number of rotatable bonds is 8. The lowest BCUT2D eigenvalue weighted by Crippen LogP contribution is -2.39. The van der Waals surface area contributed by atoms with Gasteiger partial charge in [-0.25, -0.2) is 0 Å². The molecular formula is C14H23F3N4S. The molecule has 0 aliphatic carbocycles. The minimum atomic E-state index is -4.16. The van der Waals surface area contributed by atoms with Crippen LogP contribution in [-0.4, -0.2) is 56.8 Å². The summed E-state index contributed by atoms with van der Waals surface area (Å²) in [6.45, 7) is 3.08. The summed E-state index contributed by atoms with van der Waals surface area (Å²) in [5.74, 6) is 0.638. The molecule has 0 radical (unpaired) electrons. The highest BCUT2D eigenvalue weighted by atomic mass is 32.1. The predicted molar refractivity (Wildman–Crippen MR) is 85.6 cm³/mol. The average Bonchev–Trinajstić information content (AvgIpc) is 2.89. The number of likely N-dealkylation sites (N-methyl/N-ethyl adjacent to an activating group) is 1. The van der Waals surface area contributed by atoms with Crippen molar-refractivity contribution in [2.45, 2.75) is 19.5 Å². The Bertz CT molecular complexity index is 432. The normalized spacial score (nSPS) is 12.7. The second-order valence-corrected chi connectivity index (χ2v) is 5.90. The first-order chi connectivity index (χ1) is 10.4. The third kappa shape index (κ3) is 8.89. The summed E-state index contributed by atoms with van der Waals surface area (Å²) in [4.78, 5) is 6.80. The number of nitrogens with one attached hydrogen (secondary N) is 2. The van der Waals surface area contributed by atoms with Gasteiger partial charge in [-0.15, -0.1) is 11.3 Å². The maximum Gasteiger partial charge on any atom is 0.401 e. The summed E-state index contributed by atoms with van der Waals surface area (Å²) >= 11 is 1.70. The molecule has 0 spiro atoms. The molecule has 0 saturated carbocycles. The molecular weight excluding hydrogens is 313 g/mol. The van der Waals surface area contributed by atoms with Gasteiger partial charge in [0.05, 0.1) is 13.1 Å². The molecule has 0 amide bonds. The summed E-state index contributed by atoms with van der Waals surface area (Å²) < 4.78 is 36.6. The molecule has 126 valence electrons. The van der Waals surface area contributed by atoms with Crippen LogP contribution in [-0.2, 0) is 6.42 Å². The highest BCUT2D eigenvalue weighted by Gasteiger charge is 2.28. The summed E-state index contributed by atoms with van der Waals surface area (Å²) in [6.07, 6.45) is -3.27.